The largest absolute Gasteiger partial charge is 0.478 e. The molecule has 2 heterocycles. The Bertz CT molecular complexity index is 1030. The Morgan fingerprint density at radius 1 is 0.933 bits per heavy atom. The molecule has 6 nitrogen and oxygen atoms in total. The average molecular weight is 404 g/mol. The Kier molecular flexibility index (Phi) is 6.25. The Balaban J connectivity index is 1.29. The Hall–Kier alpha value is -3.38. The van der Waals surface area contributed by atoms with Crippen molar-refractivity contribution in [2.75, 3.05) is 37.7 Å². The van der Waals surface area contributed by atoms with Crippen molar-refractivity contribution >= 4 is 11.5 Å². The lowest BCUT2D eigenvalue weighted by Gasteiger charge is -2.35. The molecule has 1 aliphatic heterocycles. The minimum absolute atomic E-state index is 0.0527. The number of rotatable bonds is 7. The molecule has 1 aromatic heterocycles. The number of Topliss-reactive ketones (excluding diaryl/α,β-unsaturated/α-hetero) is 1. The summed E-state index contributed by atoms with van der Waals surface area (Å²) in [5, 5.41) is 0. The van der Waals surface area contributed by atoms with E-state index in [0.29, 0.717) is 17.9 Å². The lowest BCUT2D eigenvalue weighted by atomic mass is 10.1. The van der Waals surface area contributed by atoms with Crippen molar-refractivity contribution in [3.8, 4) is 5.75 Å². The summed E-state index contributed by atoms with van der Waals surface area (Å²) in [6, 6.07) is 20.7. The van der Waals surface area contributed by atoms with Gasteiger partial charge in [-0.2, -0.15) is 0 Å². The van der Waals surface area contributed by atoms with E-state index in [2.05, 4.69) is 21.9 Å². The van der Waals surface area contributed by atoms with E-state index < -0.39 is 0 Å². The van der Waals surface area contributed by atoms with Gasteiger partial charge in [0.05, 0.1) is 6.54 Å². The third kappa shape index (κ3) is 4.96. The molecule has 0 saturated carbocycles. The third-order valence-electron chi connectivity index (χ3n) is 5.18. The van der Waals surface area contributed by atoms with E-state index in [0.717, 1.165) is 26.2 Å². The molecule has 1 saturated heterocycles. The zero-order chi connectivity index (χ0) is 20.8. The van der Waals surface area contributed by atoms with Gasteiger partial charge in [0.2, 0.25) is 11.2 Å². The zero-order valence-corrected chi connectivity index (χ0v) is 16.7. The SMILES string of the molecule is O=C(COc1coc(CN2CCN(c3ccccc3)CC2)cc1=O)c1ccccc1. The molecule has 0 aliphatic carbocycles. The fourth-order valence-corrected chi connectivity index (χ4v) is 3.50. The highest BCUT2D eigenvalue weighted by Gasteiger charge is 2.18. The molecule has 154 valence electrons. The van der Waals surface area contributed by atoms with Crippen LogP contribution in [0.15, 0.2) is 82.2 Å². The highest BCUT2D eigenvalue weighted by molar-refractivity contribution is 5.97. The van der Waals surface area contributed by atoms with Gasteiger partial charge < -0.3 is 14.1 Å². The van der Waals surface area contributed by atoms with Gasteiger partial charge in [-0.15, -0.1) is 0 Å². The summed E-state index contributed by atoms with van der Waals surface area (Å²) in [4.78, 5) is 29.1. The molecular weight excluding hydrogens is 380 g/mol. The van der Waals surface area contributed by atoms with Crippen molar-refractivity contribution in [1.29, 1.82) is 0 Å². The number of carbonyl (C=O) groups excluding carboxylic acids is 1. The van der Waals surface area contributed by atoms with Crippen LogP contribution in [-0.4, -0.2) is 43.5 Å². The molecule has 0 atom stereocenters. The summed E-state index contributed by atoms with van der Waals surface area (Å²) in [5.74, 6) is 0.460. The van der Waals surface area contributed by atoms with Crippen LogP contribution in [0.5, 0.6) is 5.75 Å². The minimum Gasteiger partial charge on any atom is -0.478 e. The molecule has 0 N–H and O–H groups in total. The molecule has 1 aliphatic rings. The Labute approximate surface area is 175 Å². The van der Waals surface area contributed by atoms with Crippen LogP contribution in [0.1, 0.15) is 16.1 Å². The number of nitrogens with zero attached hydrogens (tertiary/aromatic N) is 2. The molecule has 0 unspecified atom stereocenters. The van der Waals surface area contributed by atoms with Crippen molar-refractivity contribution in [3.63, 3.8) is 0 Å². The van der Waals surface area contributed by atoms with Crippen molar-refractivity contribution in [3.05, 3.63) is 94.5 Å². The summed E-state index contributed by atoms with van der Waals surface area (Å²) in [6.45, 7) is 4.01. The molecule has 6 heteroatoms. The van der Waals surface area contributed by atoms with Crippen LogP contribution in [0.4, 0.5) is 5.69 Å². The van der Waals surface area contributed by atoms with Crippen LogP contribution in [0.25, 0.3) is 0 Å². The maximum atomic E-state index is 12.3. The predicted molar refractivity (Wildman–Crippen MR) is 115 cm³/mol. The average Bonchev–Trinajstić information content (AvgIpc) is 2.80. The van der Waals surface area contributed by atoms with Crippen molar-refractivity contribution in [1.82, 2.24) is 4.90 Å². The lowest BCUT2D eigenvalue weighted by Crippen LogP contribution is -2.46. The fraction of sp³-hybridized carbons (Fsp3) is 0.250. The second-order valence-corrected chi connectivity index (χ2v) is 7.25. The second kappa shape index (κ2) is 9.41. The van der Waals surface area contributed by atoms with Crippen LogP contribution in [0, 0.1) is 0 Å². The van der Waals surface area contributed by atoms with Crippen LogP contribution in [0.3, 0.4) is 0 Å². The van der Waals surface area contributed by atoms with Gasteiger partial charge in [-0.3, -0.25) is 14.5 Å². The van der Waals surface area contributed by atoms with E-state index in [1.807, 2.05) is 24.3 Å². The number of piperazine rings is 1. The van der Waals surface area contributed by atoms with E-state index in [4.69, 9.17) is 9.15 Å². The first-order chi connectivity index (χ1) is 14.7. The topological polar surface area (TPSA) is 63.0 Å². The molecule has 1 fully saturated rings. The summed E-state index contributed by atoms with van der Waals surface area (Å²) >= 11 is 0. The summed E-state index contributed by atoms with van der Waals surface area (Å²) in [5.41, 5.74) is 1.50. The van der Waals surface area contributed by atoms with Crippen LogP contribution in [-0.2, 0) is 6.54 Å². The highest BCUT2D eigenvalue weighted by atomic mass is 16.5. The van der Waals surface area contributed by atoms with Crippen LogP contribution in [0.2, 0.25) is 0 Å². The van der Waals surface area contributed by atoms with Gasteiger partial charge in [-0.05, 0) is 12.1 Å². The zero-order valence-electron chi connectivity index (χ0n) is 16.7. The molecular formula is C24H24N2O4. The normalized spacial score (nSPS) is 14.5. The van der Waals surface area contributed by atoms with Gasteiger partial charge in [-0.1, -0.05) is 48.5 Å². The number of para-hydroxylation sites is 1. The Morgan fingerprint density at radius 2 is 1.60 bits per heavy atom. The monoisotopic (exact) mass is 404 g/mol. The molecule has 2 aromatic carbocycles. The van der Waals surface area contributed by atoms with Gasteiger partial charge >= 0.3 is 0 Å². The Morgan fingerprint density at radius 3 is 2.27 bits per heavy atom. The summed E-state index contributed by atoms with van der Waals surface area (Å²) in [6.07, 6.45) is 1.30. The molecule has 3 aromatic rings. The van der Waals surface area contributed by atoms with E-state index in [1.165, 1.54) is 18.0 Å². The number of anilines is 1. The number of hydrogen-bond acceptors (Lipinski definition) is 6. The van der Waals surface area contributed by atoms with Gasteiger partial charge in [0.15, 0.2) is 12.4 Å². The van der Waals surface area contributed by atoms with Gasteiger partial charge in [-0.25, -0.2) is 0 Å². The number of hydrogen-bond donors (Lipinski definition) is 0. The number of benzene rings is 2. The van der Waals surface area contributed by atoms with E-state index in [1.54, 1.807) is 24.3 Å². The quantitative estimate of drug-likeness (QED) is 0.564. The second-order valence-electron chi connectivity index (χ2n) is 7.25. The van der Waals surface area contributed by atoms with Crippen LogP contribution < -0.4 is 15.1 Å². The van der Waals surface area contributed by atoms with Crippen molar-refractivity contribution in [2.45, 2.75) is 6.54 Å². The number of ether oxygens (including phenoxy) is 1. The van der Waals surface area contributed by atoms with Crippen molar-refractivity contribution in [2.24, 2.45) is 0 Å². The van der Waals surface area contributed by atoms with Crippen molar-refractivity contribution < 1.29 is 13.9 Å². The fourth-order valence-electron chi connectivity index (χ4n) is 3.50. The first kappa shape index (κ1) is 19.9. The molecule has 0 radical (unpaired) electrons. The molecule has 0 amide bonds. The molecule has 0 bridgehead atoms. The first-order valence-electron chi connectivity index (χ1n) is 10.0. The highest BCUT2D eigenvalue weighted by Crippen LogP contribution is 2.17. The third-order valence-corrected chi connectivity index (χ3v) is 5.18. The van der Waals surface area contributed by atoms with Gasteiger partial charge in [0.1, 0.15) is 12.0 Å². The van der Waals surface area contributed by atoms with E-state index in [-0.39, 0.29) is 23.6 Å². The summed E-state index contributed by atoms with van der Waals surface area (Å²) in [7, 11) is 0. The smallest absolute Gasteiger partial charge is 0.227 e. The number of ketones is 1. The van der Waals surface area contributed by atoms with Gasteiger partial charge in [0, 0.05) is 43.5 Å². The van der Waals surface area contributed by atoms with E-state index >= 15 is 0 Å². The lowest BCUT2D eigenvalue weighted by molar-refractivity contribution is 0.0919. The first-order valence-corrected chi connectivity index (χ1v) is 10.0. The standard InChI is InChI=1S/C24H24N2O4/c27-22-15-21(16-25-11-13-26(14-12-25)20-9-5-2-6-10-20)29-18-24(22)30-17-23(28)19-7-3-1-4-8-19/h1-10,15,18H,11-14,16-17H2. The van der Waals surface area contributed by atoms with Gasteiger partial charge in [0.25, 0.3) is 0 Å². The predicted octanol–water partition coefficient (Wildman–Crippen LogP) is 3.22. The summed E-state index contributed by atoms with van der Waals surface area (Å²) < 4.78 is 11.0. The van der Waals surface area contributed by atoms with E-state index in [9.17, 15) is 9.59 Å². The van der Waals surface area contributed by atoms with Crippen LogP contribution >= 0.6 is 0 Å². The minimum atomic E-state index is -0.278. The molecule has 4 rings (SSSR count). The number of carbonyl (C=O) groups is 1. The maximum Gasteiger partial charge on any atom is 0.227 e. The molecule has 30 heavy (non-hydrogen) atoms. The molecule has 0 spiro atoms. The maximum absolute atomic E-state index is 12.3.